The van der Waals surface area contributed by atoms with Gasteiger partial charge < -0.3 is 19.5 Å². The Balaban J connectivity index is 1.59. The average molecular weight is 554 g/mol. The zero-order valence-corrected chi connectivity index (χ0v) is 21.4. The highest BCUT2D eigenvalue weighted by atomic mass is 79.9. The minimum atomic E-state index is -0.548. The molecule has 0 aromatic heterocycles. The summed E-state index contributed by atoms with van der Waals surface area (Å²) in [6.45, 7) is 1.58. The molecule has 10 heteroatoms. The zero-order chi connectivity index (χ0) is 26.1. The van der Waals surface area contributed by atoms with Gasteiger partial charge in [-0.25, -0.2) is 10.2 Å². The summed E-state index contributed by atoms with van der Waals surface area (Å²) in [7, 11) is 2.96. The number of hydrogen-bond acceptors (Lipinski definition) is 7. The van der Waals surface area contributed by atoms with E-state index in [-0.39, 0.29) is 12.3 Å². The maximum absolute atomic E-state index is 12.5. The molecule has 0 atom stereocenters. The van der Waals surface area contributed by atoms with Crippen LogP contribution in [0.25, 0.3) is 0 Å². The van der Waals surface area contributed by atoms with Crippen molar-refractivity contribution in [2.24, 2.45) is 5.10 Å². The van der Waals surface area contributed by atoms with E-state index in [0.29, 0.717) is 28.2 Å². The van der Waals surface area contributed by atoms with Gasteiger partial charge in [-0.1, -0.05) is 33.6 Å². The molecule has 0 aliphatic heterocycles. The molecule has 2 N–H and O–H groups in total. The first-order valence-corrected chi connectivity index (χ1v) is 11.5. The lowest BCUT2D eigenvalue weighted by Crippen LogP contribution is -2.34. The van der Waals surface area contributed by atoms with Crippen molar-refractivity contribution >= 4 is 39.9 Å². The molecule has 0 heterocycles. The van der Waals surface area contributed by atoms with Crippen molar-refractivity contribution in [3.63, 3.8) is 0 Å². The van der Waals surface area contributed by atoms with E-state index in [0.717, 1.165) is 10.0 Å². The van der Waals surface area contributed by atoms with Crippen molar-refractivity contribution in [1.29, 1.82) is 0 Å². The molecular formula is C26H24BrN3O6. The summed E-state index contributed by atoms with van der Waals surface area (Å²) in [5.41, 5.74) is 4.44. The number of ether oxygens (including phenoxy) is 3. The second-order valence-corrected chi connectivity index (χ2v) is 8.40. The number of rotatable bonds is 9. The van der Waals surface area contributed by atoms with E-state index in [1.807, 2.05) is 13.0 Å². The van der Waals surface area contributed by atoms with Gasteiger partial charge in [0, 0.05) is 15.6 Å². The molecule has 0 unspecified atom stereocenters. The van der Waals surface area contributed by atoms with Crippen LogP contribution in [0, 0.1) is 6.92 Å². The van der Waals surface area contributed by atoms with Crippen LogP contribution in [0.3, 0.4) is 0 Å². The molecule has 0 aliphatic carbocycles. The molecule has 0 fully saturated rings. The summed E-state index contributed by atoms with van der Waals surface area (Å²) < 4.78 is 16.6. The standard InChI is InChI=1S/C26H24BrN3O6/c1-16-5-4-6-18(11-16)26(33)36-21-10-8-20(27)12-19(21)14-29-30-24(31)15-28-25(32)17-7-9-22(34-2)23(13-17)35-3/h4-14H,15H2,1-3H3,(H,28,32)(H,30,31)/b29-14+. The molecule has 36 heavy (non-hydrogen) atoms. The van der Waals surface area contributed by atoms with Crippen LogP contribution < -0.4 is 25.0 Å². The van der Waals surface area contributed by atoms with Crippen LogP contribution in [0.2, 0.25) is 0 Å². The van der Waals surface area contributed by atoms with Crippen molar-refractivity contribution in [3.8, 4) is 17.2 Å². The lowest BCUT2D eigenvalue weighted by Gasteiger charge is -2.10. The van der Waals surface area contributed by atoms with Crippen LogP contribution >= 0.6 is 15.9 Å². The fourth-order valence-electron chi connectivity index (χ4n) is 3.10. The highest BCUT2D eigenvalue weighted by molar-refractivity contribution is 9.10. The highest BCUT2D eigenvalue weighted by Gasteiger charge is 2.13. The highest BCUT2D eigenvalue weighted by Crippen LogP contribution is 2.27. The van der Waals surface area contributed by atoms with Crippen LogP contribution in [0.1, 0.15) is 31.8 Å². The van der Waals surface area contributed by atoms with Crippen molar-refractivity contribution in [3.05, 3.63) is 87.4 Å². The molecule has 9 nitrogen and oxygen atoms in total. The van der Waals surface area contributed by atoms with E-state index in [9.17, 15) is 14.4 Å². The zero-order valence-electron chi connectivity index (χ0n) is 19.8. The fraction of sp³-hybridized carbons (Fsp3) is 0.154. The molecular weight excluding hydrogens is 530 g/mol. The Hall–Kier alpha value is -4.18. The summed E-state index contributed by atoms with van der Waals surface area (Å²) in [6.07, 6.45) is 1.34. The van der Waals surface area contributed by atoms with E-state index >= 15 is 0 Å². The molecule has 0 aliphatic rings. The van der Waals surface area contributed by atoms with Gasteiger partial charge in [0.2, 0.25) is 0 Å². The third-order valence-electron chi connectivity index (χ3n) is 4.88. The quantitative estimate of drug-likeness (QED) is 0.180. The number of amides is 2. The van der Waals surface area contributed by atoms with Gasteiger partial charge in [-0.05, 0) is 55.5 Å². The number of esters is 1. The topological polar surface area (TPSA) is 115 Å². The van der Waals surface area contributed by atoms with Crippen LogP contribution in [0.5, 0.6) is 17.2 Å². The molecule has 3 rings (SSSR count). The Labute approximate surface area is 216 Å². The minimum Gasteiger partial charge on any atom is -0.493 e. The molecule has 0 bridgehead atoms. The number of nitrogens with one attached hydrogen (secondary N) is 2. The van der Waals surface area contributed by atoms with Gasteiger partial charge >= 0.3 is 5.97 Å². The van der Waals surface area contributed by atoms with E-state index in [1.54, 1.807) is 48.5 Å². The first-order valence-electron chi connectivity index (χ1n) is 10.7. The number of aryl methyl sites for hydroxylation is 1. The van der Waals surface area contributed by atoms with E-state index in [4.69, 9.17) is 14.2 Å². The number of carbonyl (C=O) groups is 3. The number of carbonyl (C=O) groups excluding carboxylic acids is 3. The number of benzene rings is 3. The Morgan fingerprint density at radius 1 is 0.917 bits per heavy atom. The van der Waals surface area contributed by atoms with Gasteiger partial charge in [0.05, 0.1) is 32.5 Å². The maximum atomic E-state index is 12.5. The number of methoxy groups -OCH3 is 2. The molecule has 2 amide bonds. The van der Waals surface area contributed by atoms with Gasteiger partial charge in [0.1, 0.15) is 5.75 Å². The Morgan fingerprint density at radius 2 is 1.67 bits per heavy atom. The smallest absolute Gasteiger partial charge is 0.343 e. The average Bonchev–Trinajstić information content (AvgIpc) is 2.88. The van der Waals surface area contributed by atoms with E-state index < -0.39 is 17.8 Å². The molecule has 3 aromatic carbocycles. The SMILES string of the molecule is COc1ccc(C(=O)NCC(=O)N/N=C/c2cc(Br)ccc2OC(=O)c2cccc(C)c2)cc1OC. The van der Waals surface area contributed by atoms with Gasteiger partial charge in [-0.2, -0.15) is 5.10 Å². The van der Waals surface area contributed by atoms with Gasteiger partial charge in [-0.3, -0.25) is 9.59 Å². The molecule has 0 saturated carbocycles. The van der Waals surface area contributed by atoms with Crippen LogP contribution in [-0.4, -0.2) is 44.8 Å². The number of hydrazone groups is 1. The van der Waals surface area contributed by atoms with E-state index in [1.165, 1.54) is 26.5 Å². The summed E-state index contributed by atoms with van der Waals surface area (Å²) in [5.74, 6) is -0.382. The van der Waals surface area contributed by atoms with Gasteiger partial charge in [0.25, 0.3) is 11.8 Å². The normalized spacial score (nSPS) is 10.6. The first kappa shape index (κ1) is 26.4. The number of halogens is 1. The minimum absolute atomic E-state index is 0.268. The van der Waals surface area contributed by atoms with Gasteiger partial charge in [0.15, 0.2) is 11.5 Å². The predicted molar refractivity (Wildman–Crippen MR) is 138 cm³/mol. The van der Waals surface area contributed by atoms with Crippen LogP contribution in [0.4, 0.5) is 0 Å². The van der Waals surface area contributed by atoms with Crippen molar-refractivity contribution < 1.29 is 28.6 Å². The number of nitrogens with zero attached hydrogens (tertiary/aromatic N) is 1. The summed E-state index contributed by atoms with van der Waals surface area (Å²) in [4.78, 5) is 37.0. The molecule has 3 aromatic rings. The molecule has 0 radical (unpaired) electrons. The third-order valence-corrected chi connectivity index (χ3v) is 5.37. The summed E-state index contributed by atoms with van der Waals surface area (Å²) >= 11 is 3.37. The van der Waals surface area contributed by atoms with E-state index in [2.05, 4.69) is 31.8 Å². The number of hydrogen-bond donors (Lipinski definition) is 2. The molecule has 0 spiro atoms. The van der Waals surface area contributed by atoms with Gasteiger partial charge in [-0.15, -0.1) is 0 Å². The van der Waals surface area contributed by atoms with Crippen LogP contribution in [0.15, 0.2) is 70.2 Å². The van der Waals surface area contributed by atoms with Crippen molar-refractivity contribution in [1.82, 2.24) is 10.7 Å². The Kier molecular flexibility index (Phi) is 9.18. The van der Waals surface area contributed by atoms with Crippen LogP contribution in [-0.2, 0) is 4.79 Å². The second kappa shape index (κ2) is 12.5. The maximum Gasteiger partial charge on any atom is 0.343 e. The second-order valence-electron chi connectivity index (χ2n) is 7.49. The third kappa shape index (κ3) is 7.16. The lowest BCUT2D eigenvalue weighted by molar-refractivity contribution is -0.120. The summed E-state index contributed by atoms with van der Waals surface area (Å²) in [5, 5.41) is 6.42. The Morgan fingerprint density at radius 3 is 2.39 bits per heavy atom. The first-order chi connectivity index (χ1) is 17.3. The molecule has 0 saturated heterocycles. The molecule has 186 valence electrons. The largest absolute Gasteiger partial charge is 0.493 e. The van der Waals surface area contributed by atoms with Crippen molar-refractivity contribution in [2.75, 3.05) is 20.8 Å². The van der Waals surface area contributed by atoms with Crippen molar-refractivity contribution in [2.45, 2.75) is 6.92 Å². The Bertz CT molecular complexity index is 1310. The summed E-state index contributed by atoms with van der Waals surface area (Å²) in [6, 6.07) is 16.7. The monoisotopic (exact) mass is 553 g/mol. The lowest BCUT2D eigenvalue weighted by atomic mass is 10.1. The predicted octanol–water partition coefficient (Wildman–Crippen LogP) is 3.87. The fourth-order valence-corrected chi connectivity index (χ4v) is 3.48.